The highest BCUT2D eigenvalue weighted by Gasteiger charge is 2.46. The Morgan fingerprint density at radius 1 is 0.905 bits per heavy atom. The highest BCUT2D eigenvalue weighted by Crippen LogP contribution is 2.37. The van der Waals surface area contributed by atoms with Crippen molar-refractivity contribution >= 4 is 12.6 Å². The lowest BCUT2D eigenvalue weighted by atomic mass is 9.79. The summed E-state index contributed by atoms with van der Waals surface area (Å²) in [6, 6.07) is 11.7. The van der Waals surface area contributed by atoms with Crippen LogP contribution < -0.4 is 20.1 Å². The molecule has 1 aliphatic rings. The Morgan fingerprint density at radius 2 is 1.38 bits per heavy atom. The summed E-state index contributed by atoms with van der Waals surface area (Å²) in [7, 11) is 9.59. The summed E-state index contributed by atoms with van der Waals surface area (Å²) in [5, 5.41) is 5.50. The van der Waals surface area contributed by atoms with Gasteiger partial charge in [-0.25, -0.2) is 0 Å². The van der Waals surface area contributed by atoms with Crippen LogP contribution in [0.3, 0.4) is 0 Å². The van der Waals surface area contributed by atoms with Gasteiger partial charge in [0, 0.05) is 12.1 Å². The van der Waals surface area contributed by atoms with E-state index in [2.05, 4.69) is 41.2 Å². The number of nitrogens with zero attached hydrogens (tertiary/aromatic N) is 2. The predicted molar refractivity (Wildman–Crippen MR) is 160 cm³/mol. The molecule has 11 heteroatoms. The fraction of sp³-hybridized carbons (Fsp3) is 0.548. The van der Waals surface area contributed by atoms with Crippen molar-refractivity contribution in [2.75, 3.05) is 54.9 Å². The van der Waals surface area contributed by atoms with Gasteiger partial charge in [0.1, 0.15) is 17.2 Å². The van der Waals surface area contributed by atoms with Crippen molar-refractivity contribution in [3.05, 3.63) is 54.1 Å². The largest absolute Gasteiger partial charge is 0.573 e. The van der Waals surface area contributed by atoms with Crippen LogP contribution in [-0.2, 0) is 15.1 Å². The topological polar surface area (TPSA) is 83.1 Å². The van der Waals surface area contributed by atoms with Crippen LogP contribution >= 0.6 is 0 Å². The highest BCUT2D eigenvalue weighted by molar-refractivity contribution is 5.91. The third-order valence-electron chi connectivity index (χ3n) is 7.05. The minimum atomic E-state index is -4.77. The van der Waals surface area contributed by atoms with E-state index in [1.807, 2.05) is 33.1 Å². The van der Waals surface area contributed by atoms with E-state index in [4.69, 9.17) is 4.74 Å². The molecular weight excluding hydrogens is 549 g/mol. The van der Waals surface area contributed by atoms with Crippen molar-refractivity contribution in [3.8, 4) is 17.2 Å². The van der Waals surface area contributed by atoms with Crippen LogP contribution in [0.4, 0.5) is 13.2 Å². The van der Waals surface area contributed by atoms with E-state index in [-0.39, 0.29) is 11.3 Å². The number of carbonyl (C=O) groups excluding carboxylic acids is 2. The second kappa shape index (κ2) is 17.8. The zero-order chi connectivity index (χ0) is 31.8. The van der Waals surface area contributed by atoms with Crippen molar-refractivity contribution in [1.29, 1.82) is 0 Å². The maximum absolute atomic E-state index is 12.5. The third-order valence-corrected chi connectivity index (χ3v) is 7.05. The summed E-state index contributed by atoms with van der Waals surface area (Å²) in [6.07, 6.45) is 0.521. The quantitative estimate of drug-likeness (QED) is 0.270. The van der Waals surface area contributed by atoms with Gasteiger partial charge in [0.2, 0.25) is 0 Å². The first kappa shape index (κ1) is 37.0. The molecule has 0 radical (unpaired) electrons. The van der Waals surface area contributed by atoms with E-state index >= 15 is 0 Å². The first-order valence-electron chi connectivity index (χ1n) is 14.1. The number of benzene rings is 2. The molecule has 0 bridgehead atoms. The molecule has 236 valence electrons. The van der Waals surface area contributed by atoms with Crippen LogP contribution in [0.5, 0.6) is 17.2 Å². The molecule has 1 fully saturated rings. The van der Waals surface area contributed by atoms with Gasteiger partial charge in [-0.3, -0.25) is 9.80 Å². The van der Waals surface area contributed by atoms with Gasteiger partial charge in [0.25, 0.3) is 0 Å². The summed E-state index contributed by atoms with van der Waals surface area (Å²) in [5.74, 6) is 0.386. The summed E-state index contributed by atoms with van der Waals surface area (Å²) in [6.45, 7) is 6.36. The molecule has 3 rings (SSSR count). The number of nitrogens with one attached hydrogen (secondary N) is 2. The van der Waals surface area contributed by atoms with E-state index in [0.717, 1.165) is 44.4 Å². The number of hydrogen-bond donors (Lipinski definition) is 2. The van der Waals surface area contributed by atoms with Crippen LogP contribution in [-0.4, -0.2) is 89.1 Å². The van der Waals surface area contributed by atoms with Gasteiger partial charge >= 0.3 is 6.36 Å². The van der Waals surface area contributed by atoms with Gasteiger partial charge in [-0.2, -0.15) is 0 Å². The second-order valence-corrected chi connectivity index (χ2v) is 10.2. The molecular formula is C31H47F3N4O4. The first-order chi connectivity index (χ1) is 19.9. The molecule has 0 amide bonds. The molecule has 1 aliphatic heterocycles. The number of likely N-dealkylation sites (tertiary alicyclic amines) is 1. The predicted octanol–water partition coefficient (Wildman–Crippen LogP) is 5.23. The summed E-state index contributed by atoms with van der Waals surface area (Å²) in [4.78, 5) is 29.2. The Labute approximate surface area is 248 Å². The molecule has 0 saturated carbocycles. The third kappa shape index (κ3) is 10.4. The Kier molecular flexibility index (Phi) is 15.7. The average molecular weight is 597 g/mol. The van der Waals surface area contributed by atoms with Gasteiger partial charge in [-0.15, -0.1) is 13.2 Å². The lowest BCUT2D eigenvalue weighted by molar-refractivity contribution is -0.274. The van der Waals surface area contributed by atoms with Crippen LogP contribution in [0.25, 0.3) is 0 Å². The fourth-order valence-corrected chi connectivity index (χ4v) is 5.07. The number of hydrogen-bond acceptors (Lipinski definition) is 8. The summed E-state index contributed by atoms with van der Waals surface area (Å²) < 4.78 is 46.6. The Balaban J connectivity index is 0.00000135. The van der Waals surface area contributed by atoms with Crippen LogP contribution in [0.15, 0.2) is 48.5 Å². The summed E-state index contributed by atoms with van der Waals surface area (Å²) >= 11 is 0. The SMILES string of the molecule is CCCC1(N(C)CC)CCCN(C(C=O)(C=O)c2ccc(Oc3ccc(OC(F)(F)F)cc3)cc2)C1.CNC.CNC. The molecule has 2 N–H and O–H groups in total. The van der Waals surface area contributed by atoms with Crippen molar-refractivity contribution in [2.45, 2.75) is 57.0 Å². The number of alkyl halides is 3. The highest BCUT2D eigenvalue weighted by atomic mass is 19.4. The van der Waals surface area contributed by atoms with Gasteiger partial charge in [0.05, 0.1) is 0 Å². The average Bonchev–Trinajstić information content (AvgIpc) is 2.96. The zero-order valence-electron chi connectivity index (χ0n) is 25.9. The van der Waals surface area contributed by atoms with E-state index in [0.29, 0.717) is 42.7 Å². The minimum absolute atomic E-state index is 0.107. The number of rotatable bonds is 11. The maximum atomic E-state index is 12.5. The maximum Gasteiger partial charge on any atom is 0.573 e. The van der Waals surface area contributed by atoms with Crippen LogP contribution in [0.1, 0.15) is 45.1 Å². The van der Waals surface area contributed by atoms with E-state index in [1.54, 1.807) is 24.3 Å². The van der Waals surface area contributed by atoms with E-state index in [9.17, 15) is 22.8 Å². The van der Waals surface area contributed by atoms with Crippen LogP contribution in [0, 0.1) is 0 Å². The number of ether oxygens (including phenoxy) is 2. The number of piperidine rings is 1. The van der Waals surface area contributed by atoms with Gasteiger partial charge in [-0.05, 0) is 110 Å². The molecule has 1 heterocycles. The molecule has 0 aliphatic carbocycles. The van der Waals surface area contributed by atoms with E-state index < -0.39 is 11.9 Å². The summed E-state index contributed by atoms with van der Waals surface area (Å²) in [5.41, 5.74) is -0.979. The lowest BCUT2D eigenvalue weighted by Crippen LogP contribution is -2.63. The van der Waals surface area contributed by atoms with Crippen molar-refractivity contribution in [3.63, 3.8) is 0 Å². The molecule has 1 unspecified atom stereocenters. The number of likely N-dealkylation sites (N-methyl/N-ethyl adjacent to an activating group) is 1. The van der Waals surface area contributed by atoms with Crippen molar-refractivity contribution in [1.82, 2.24) is 20.4 Å². The standard InChI is InChI=1S/C27H33F3N2O4.2C2H7N/c1-4-15-25(31(3)5-2)16-6-17-32(18-25)26(19-33,20-34)21-7-9-22(10-8-21)35-23-11-13-24(14-12-23)36-27(28,29)30;2*1-3-2/h7-14,19-20H,4-6,15-18H2,1-3H3;2*3H,1-2H3. The van der Waals surface area contributed by atoms with Crippen molar-refractivity contribution < 1.29 is 32.2 Å². The van der Waals surface area contributed by atoms with Gasteiger partial charge < -0.3 is 29.7 Å². The minimum Gasteiger partial charge on any atom is -0.457 e. The molecule has 1 atom stereocenters. The number of halogens is 3. The molecule has 42 heavy (non-hydrogen) atoms. The molecule has 2 aromatic carbocycles. The smallest absolute Gasteiger partial charge is 0.457 e. The molecule has 1 saturated heterocycles. The Morgan fingerprint density at radius 3 is 1.81 bits per heavy atom. The normalized spacial score (nSPS) is 17.3. The molecule has 0 aromatic heterocycles. The van der Waals surface area contributed by atoms with Crippen LogP contribution in [0.2, 0.25) is 0 Å². The molecule has 8 nitrogen and oxygen atoms in total. The zero-order valence-corrected chi connectivity index (χ0v) is 25.9. The Hall–Kier alpha value is -2.99. The fourth-order valence-electron chi connectivity index (χ4n) is 5.07. The first-order valence-corrected chi connectivity index (χ1v) is 14.1. The molecule has 2 aromatic rings. The number of aldehydes is 2. The Bertz CT molecular complexity index is 1040. The second-order valence-electron chi connectivity index (χ2n) is 10.2. The van der Waals surface area contributed by atoms with E-state index in [1.165, 1.54) is 12.1 Å². The lowest BCUT2D eigenvalue weighted by Gasteiger charge is -2.51. The molecule has 0 spiro atoms. The number of carbonyl (C=O) groups is 2. The van der Waals surface area contributed by atoms with Gasteiger partial charge in [-0.1, -0.05) is 32.4 Å². The van der Waals surface area contributed by atoms with Gasteiger partial charge in [0.15, 0.2) is 18.1 Å². The van der Waals surface area contributed by atoms with Crippen molar-refractivity contribution in [2.24, 2.45) is 0 Å². The monoisotopic (exact) mass is 596 g/mol.